The summed E-state index contributed by atoms with van der Waals surface area (Å²) < 4.78 is 4.17. The molecule has 0 radical (unpaired) electrons. The van der Waals surface area contributed by atoms with Crippen LogP contribution in [0.1, 0.15) is 0 Å². The molecule has 1 heterocycles. The van der Waals surface area contributed by atoms with Crippen LogP contribution in [0.4, 0.5) is 0 Å². The average Bonchev–Trinajstić information content (AvgIpc) is 1.93. The van der Waals surface area contributed by atoms with Crippen LogP contribution in [-0.2, 0) is 14.3 Å². The van der Waals surface area contributed by atoms with E-state index in [1.54, 1.807) is 0 Å². The van der Waals surface area contributed by atoms with Crippen LogP contribution in [0.3, 0.4) is 0 Å². The molecule has 10 heavy (non-hydrogen) atoms. The lowest BCUT2D eigenvalue weighted by Gasteiger charge is -2.20. The number of ketones is 1. The van der Waals surface area contributed by atoms with Crippen molar-refractivity contribution in [3.05, 3.63) is 0 Å². The molecule has 0 amide bonds. The second-order valence-electron chi connectivity index (χ2n) is 1.96. The summed E-state index contributed by atoms with van der Waals surface area (Å²) in [5.74, 6) is -1.63. The highest BCUT2D eigenvalue weighted by Crippen LogP contribution is 2.04. The van der Waals surface area contributed by atoms with Gasteiger partial charge in [0.25, 0.3) is 0 Å². The maximum atomic E-state index is 10.5. The number of cyclic esters (lactones) is 1. The molecule has 5 heteroatoms. The van der Waals surface area contributed by atoms with E-state index in [1.165, 1.54) is 0 Å². The first-order chi connectivity index (χ1) is 4.63. The Labute approximate surface area is 56.2 Å². The third-order valence-corrected chi connectivity index (χ3v) is 1.23. The number of ether oxygens (including phenoxy) is 1. The van der Waals surface area contributed by atoms with Gasteiger partial charge in [0.1, 0.15) is 0 Å². The summed E-state index contributed by atoms with van der Waals surface area (Å²) >= 11 is 0. The summed E-state index contributed by atoms with van der Waals surface area (Å²) in [4.78, 5) is 20.8. The third-order valence-electron chi connectivity index (χ3n) is 1.23. The van der Waals surface area contributed by atoms with E-state index in [4.69, 9.17) is 10.2 Å². The second kappa shape index (κ2) is 2.36. The van der Waals surface area contributed by atoms with Crippen molar-refractivity contribution in [3.63, 3.8) is 0 Å². The minimum atomic E-state index is -1.71. The van der Waals surface area contributed by atoms with Crippen LogP contribution in [0.5, 0.6) is 0 Å². The Morgan fingerprint density at radius 1 is 1.30 bits per heavy atom. The van der Waals surface area contributed by atoms with Crippen molar-refractivity contribution in [3.8, 4) is 0 Å². The van der Waals surface area contributed by atoms with Crippen LogP contribution < -0.4 is 0 Å². The highest BCUT2D eigenvalue weighted by Gasteiger charge is 2.36. The summed E-state index contributed by atoms with van der Waals surface area (Å²) in [6.07, 6.45) is -3.32. The summed E-state index contributed by atoms with van der Waals surface area (Å²) in [6, 6.07) is 0. The van der Waals surface area contributed by atoms with Gasteiger partial charge in [0.2, 0.25) is 5.78 Å². The molecule has 0 spiro atoms. The molecule has 0 saturated carbocycles. The van der Waals surface area contributed by atoms with E-state index in [0.717, 1.165) is 0 Å². The van der Waals surface area contributed by atoms with Crippen LogP contribution >= 0.6 is 0 Å². The largest absolute Gasteiger partial charge is 0.456 e. The lowest BCUT2D eigenvalue weighted by atomic mass is 10.1. The van der Waals surface area contributed by atoms with Crippen LogP contribution in [0.25, 0.3) is 0 Å². The van der Waals surface area contributed by atoms with E-state index >= 15 is 0 Å². The molecule has 5 nitrogen and oxygen atoms in total. The summed E-state index contributed by atoms with van der Waals surface area (Å²) in [7, 11) is 0. The number of aliphatic hydroxyl groups is 2. The van der Waals surface area contributed by atoms with E-state index in [9.17, 15) is 9.59 Å². The van der Waals surface area contributed by atoms with Crippen molar-refractivity contribution < 1.29 is 24.5 Å². The quantitative estimate of drug-likeness (QED) is 0.380. The number of carbonyl (C=O) groups is 2. The zero-order valence-electron chi connectivity index (χ0n) is 4.98. The summed E-state index contributed by atoms with van der Waals surface area (Å²) in [6.45, 7) is -0.447. The van der Waals surface area contributed by atoms with E-state index in [1.807, 2.05) is 0 Å². The number of hydrogen-bond donors (Lipinski definition) is 2. The van der Waals surface area contributed by atoms with Gasteiger partial charge in [-0.15, -0.1) is 0 Å². The normalized spacial score (nSPS) is 33.8. The summed E-state index contributed by atoms with van der Waals surface area (Å²) in [5.41, 5.74) is 0. The molecule has 1 saturated heterocycles. The number of carbonyl (C=O) groups excluding carboxylic acids is 2. The minimum absolute atomic E-state index is 0.447. The fourth-order valence-electron chi connectivity index (χ4n) is 0.618. The van der Waals surface area contributed by atoms with E-state index in [0.29, 0.717) is 0 Å². The predicted octanol–water partition coefficient (Wildman–Crippen LogP) is -2.17. The lowest BCUT2D eigenvalue weighted by molar-refractivity contribution is -0.175. The van der Waals surface area contributed by atoms with Crippen LogP contribution in [0, 0.1) is 0 Å². The van der Waals surface area contributed by atoms with Crippen molar-refractivity contribution >= 4 is 11.8 Å². The van der Waals surface area contributed by atoms with Crippen molar-refractivity contribution in [2.24, 2.45) is 0 Å². The molecule has 0 aromatic heterocycles. The van der Waals surface area contributed by atoms with Crippen molar-refractivity contribution in [1.29, 1.82) is 0 Å². The molecule has 0 bridgehead atoms. The molecule has 2 atom stereocenters. The van der Waals surface area contributed by atoms with E-state index < -0.39 is 30.6 Å². The third kappa shape index (κ3) is 1.01. The standard InChI is InChI=1S/C5H6O5/c6-2-1-10-5(9)4(8)3(2)7/h3-4,7-8H,1H2. The van der Waals surface area contributed by atoms with Crippen molar-refractivity contribution in [2.75, 3.05) is 6.61 Å². The predicted molar refractivity (Wildman–Crippen MR) is 28.0 cm³/mol. The van der Waals surface area contributed by atoms with Gasteiger partial charge in [0.05, 0.1) is 0 Å². The first kappa shape index (κ1) is 7.17. The Kier molecular flexibility index (Phi) is 1.69. The molecule has 1 rings (SSSR count). The highest BCUT2D eigenvalue weighted by atomic mass is 16.6. The molecular weight excluding hydrogens is 140 g/mol. The molecular formula is C5H6O5. The Morgan fingerprint density at radius 3 is 2.40 bits per heavy atom. The van der Waals surface area contributed by atoms with Gasteiger partial charge >= 0.3 is 5.97 Å². The molecule has 0 aromatic rings. The zero-order chi connectivity index (χ0) is 7.72. The zero-order valence-corrected chi connectivity index (χ0v) is 4.98. The van der Waals surface area contributed by atoms with Gasteiger partial charge in [-0.3, -0.25) is 4.79 Å². The average molecular weight is 146 g/mol. The van der Waals surface area contributed by atoms with Crippen LogP contribution in [-0.4, -0.2) is 40.8 Å². The Morgan fingerprint density at radius 2 is 1.90 bits per heavy atom. The Hall–Kier alpha value is -0.940. The topological polar surface area (TPSA) is 83.8 Å². The molecule has 56 valence electrons. The van der Waals surface area contributed by atoms with Gasteiger partial charge in [-0.1, -0.05) is 0 Å². The molecule has 2 N–H and O–H groups in total. The maximum absolute atomic E-state index is 10.5. The van der Waals surface area contributed by atoms with Crippen LogP contribution in [0.2, 0.25) is 0 Å². The molecule has 1 fully saturated rings. The van der Waals surface area contributed by atoms with E-state index in [-0.39, 0.29) is 0 Å². The minimum Gasteiger partial charge on any atom is -0.456 e. The number of rotatable bonds is 0. The molecule has 2 unspecified atom stereocenters. The number of Topliss-reactive ketones (excluding diaryl/α,β-unsaturated/α-hetero) is 1. The van der Waals surface area contributed by atoms with Gasteiger partial charge in [-0.25, -0.2) is 4.79 Å². The SMILES string of the molecule is O=C1COC(=O)C(O)C1O. The number of esters is 1. The first-order valence-corrected chi connectivity index (χ1v) is 2.68. The maximum Gasteiger partial charge on any atom is 0.338 e. The van der Waals surface area contributed by atoms with Crippen molar-refractivity contribution in [1.82, 2.24) is 0 Å². The summed E-state index contributed by atoms with van der Waals surface area (Å²) in [5, 5.41) is 17.4. The van der Waals surface area contributed by atoms with Crippen LogP contribution in [0.15, 0.2) is 0 Å². The van der Waals surface area contributed by atoms with Crippen molar-refractivity contribution in [2.45, 2.75) is 12.2 Å². The lowest BCUT2D eigenvalue weighted by Crippen LogP contribution is -2.47. The van der Waals surface area contributed by atoms with E-state index in [2.05, 4.69) is 4.74 Å². The van der Waals surface area contributed by atoms with Gasteiger partial charge in [-0.2, -0.15) is 0 Å². The van der Waals surface area contributed by atoms with Gasteiger partial charge in [0, 0.05) is 0 Å². The van der Waals surface area contributed by atoms with Gasteiger partial charge in [0.15, 0.2) is 18.8 Å². The Bertz CT molecular complexity index is 155. The highest BCUT2D eigenvalue weighted by molar-refractivity contribution is 5.95. The van der Waals surface area contributed by atoms with Gasteiger partial charge in [-0.05, 0) is 0 Å². The fraction of sp³-hybridized carbons (Fsp3) is 0.600. The fourth-order valence-corrected chi connectivity index (χ4v) is 0.618. The van der Waals surface area contributed by atoms with Gasteiger partial charge < -0.3 is 14.9 Å². The molecule has 1 aliphatic heterocycles. The Balaban J connectivity index is 2.69. The molecule has 0 aromatic carbocycles. The number of hydrogen-bond acceptors (Lipinski definition) is 5. The monoisotopic (exact) mass is 146 g/mol. The molecule has 1 aliphatic rings. The second-order valence-corrected chi connectivity index (χ2v) is 1.96. The number of aliphatic hydroxyl groups excluding tert-OH is 2. The smallest absolute Gasteiger partial charge is 0.338 e. The molecule has 0 aliphatic carbocycles. The first-order valence-electron chi connectivity index (χ1n) is 2.68.